The molecule has 0 bridgehead atoms. The second kappa shape index (κ2) is 8.03. The van der Waals surface area contributed by atoms with Crippen molar-refractivity contribution in [2.24, 2.45) is 0 Å². The highest BCUT2D eigenvalue weighted by Gasteiger charge is 2.15. The van der Waals surface area contributed by atoms with E-state index in [1.54, 1.807) is 23.7 Å². The van der Waals surface area contributed by atoms with Gasteiger partial charge >= 0.3 is 5.97 Å². The summed E-state index contributed by atoms with van der Waals surface area (Å²) >= 11 is 0. The molecule has 0 aliphatic rings. The number of aromatic carboxylic acids is 1. The summed E-state index contributed by atoms with van der Waals surface area (Å²) in [5, 5.41) is 20.0. The number of carbonyl (C=O) groups is 2. The Morgan fingerprint density at radius 3 is 2.50 bits per heavy atom. The number of aromatic nitrogens is 4. The third-order valence-corrected chi connectivity index (χ3v) is 4.32. The Bertz CT molecular complexity index is 1010. The molecule has 0 spiro atoms. The molecule has 0 aliphatic heterocycles. The second-order valence-corrected chi connectivity index (χ2v) is 6.40. The fourth-order valence-corrected chi connectivity index (χ4v) is 2.81. The van der Waals surface area contributed by atoms with E-state index in [1.165, 1.54) is 29.1 Å². The van der Waals surface area contributed by atoms with Crippen LogP contribution in [0.4, 0.5) is 10.1 Å². The Balaban J connectivity index is 1.63. The smallest absolute Gasteiger partial charge is 0.356 e. The quantitative estimate of drug-likeness (QED) is 0.651. The molecular weight excluding hydrogens is 365 g/mol. The van der Waals surface area contributed by atoms with Crippen molar-refractivity contribution in [1.29, 1.82) is 0 Å². The number of carboxylic acids is 1. The van der Waals surface area contributed by atoms with E-state index in [0.29, 0.717) is 17.9 Å². The van der Waals surface area contributed by atoms with Crippen molar-refractivity contribution in [3.8, 4) is 0 Å². The fourth-order valence-electron chi connectivity index (χ4n) is 2.81. The molecule has 3 rings (SSSR count). The summed E-state index contributed by atoms with van der Waals surface area (Å²) in [6.45, 7) is 4.39. The van der Waals surface area contributed by atoms with Crippen molar-refractivity contribution in [1.82, 2.24) is 19.6 Å². The number of nitrogens with zero attached hydrogens (tertiary/aromatic N) is 4. The number of halogens is 1. The fraction of sp³-hybridized carbons (Fsp3) is 0.263. The summed E-state index contributed by atoms with van der Waals surface area (Å²) in [5.41, 5.74) is 2.95. The molecule has 8 nitrogen and oxygen atoms in total. The molecule has 2 aromatic heterocycles. The van der Waals surface area contributed by atoms with Gasteiger partial charge in [-0.2, -0.15) is 10.2 Å². The number of anilines is 1. The summed E-state index contributed by atoms with van der Waals surface area (Å²) < 4.78 is 16.2. The Morgan fingerprint density at radius 1 is 1.14 bits per heavy atom. The van der Waals surface area contributed by atoms with Gasteiger partial charge in [-0.3, -0.25) is 14.2 Å². The molecule has 0 aliphatic carbocycles. The lowest BCUT2D eigenvalue weighted by Crippen LogP contribution is -2.16. The summed E-state index contributed by atoms with van der Waals surface area (Å²) in [6, 6.07) is 7.57. The lowest BCUT2D eigenvalue weighted by Gasteiger charge is -2.08. The molecule has 28 heavy (non-hydrogen) atoms. The van der Waals surface area contributed by atoms with Gasteiger partial charge in [0.2, 0.25) is 5.91 Å². The number of aryl methyl sites for hydroxylation is 2. The van der Waals surface area contributed by atoms with Gasteiger partial charge in [-0.05, 0) is 37.6 Å². The number of benzene rings is 1. The van der Waals surface area contributed by atoms with Crippen molar-refractivity contribution in [2.45, 2.75) is 33.4 Å². The van der Waals surface area contributed by atoms with Gasteiger partial charge in [-0.1, -0.05) is 12.1 Å². The van der Waals surface area contributed by atoms with Crippen LogP contribution in [-0.2, 0) is 17.9 Å². The van der Waals surface area contributed by atoms with E-state index in [2.05, 4.69) is 15.5 Å². The minimum Gasteiger partial charge on any atom is -0.476 e. The summed E-state index contributed by atoms with van der Waals surface area (Å²) in [6.07, 6.45) is 1.66. The largest absolute Gasteiger partial charge is 0.476 e. The van der Waals surface area contributed by atoms with Crippen LogP contribution < -0.4 is 5.32 Å². The van der Waals surface area contributed by atoms with E-state index in [1.807, 2.05) is 6.92 Å². The molecule has 9 heteroatoms. The monoisotopic (exact) mass is 385 g/mol. The number of rotatable bonds is 7. The van der Waals surface area contributed by atoms with Crippen LogP contribution in [-0.4, -0.2) is 36.5 Å². The van der Waals surface area contributed by atoms with Gasteiger partial charge in [0.15, 0.2) is 5.69 Å². The Morgan fingerprint density at radius 2 is 1.86 bits per heavy atom. The van der Waals surface area contributed by atoms with Gasteiger partial charge in [0.25, 0.3) is 0 Å². The third kappa shape index (κ3) is 4.43. The predicted molar refractivity (Wildman–Crippen MR) is 99.6 cm³/mol. The molecule has 0 saturated heterocycles. The van der Waals surface area contributed by atoms with Crippen LogP contribution in [0.3, 0.4) is 0 Å². The first-order valence-corrected chi connectivity index (χ1v) is 8.68. The third-order valence-electron chi connectivity index (χ3n) is 4.32. The van der Waals surface area contributed by atoms with Gasteiger partial charge in [-0.25, -0.2) is 9.18 Å². The Kier molecular flexibility index (Phi) is 5.53. The Hall–Kier alpha value is -3.49. The normalized spacial score (nSPS) is 10.8. The minimum absolute atomic E-state index is 0.0610. The molecule has 0 saturated carbocycles. The van der Waals surface area contributed by atoms with E-state index in [0.717, 1.165) is 11.3 Å². The molecule has 3 aromatic rings. The zero-order valence-electron chi connectivity index (χ0n) is 15.5. The highest BCUT2D eigenvalue weighted by molar-refractivity contribution is 5.91. The zero-order chi connectivity index (χ0) is 20.3. The van der Waals surface area contributed by atoms with Crippen molar-refractivity contribution < 1.29 is 19.1 Å². The number of amides is 1. The molecule has 2 N–H and O–H groups in total. The molecular formula is C19H20FN5O3. The maximum absolute atomic E-state index is 13.0. The molecule has 0 unspecified atom stereocenters. The maximum atomic E-state index is 13.0. The number of hydrogen-bond acceptors (Lipinski definition) is 4. The van der Waals surface area contributed by atoms with E-state index in [4.69, 9.17) is 5.11 Å². The first-order chi connectivity index (χ1) is 13.3. The van der Waals surface area contributed by atoms with Gasteiger partial charge in [0.1, 0.15) is 5.82 Å². The zero-order valence-corrected chi connectivity index (χ0v) is 15.5. The number of carboxylic acid groups (broad SMARTS) is 1. The second-order valence-electron chi connectivity index (χ2n) is 6.40. The first kappa shape index (κ1) is 19.3. The lowest BCUT2D eigenvalue weighted by molar-refractivity contribution is -0.116. The SMILES string of the molecule is Cc1nn(Cc2ccc(F)cc2)c(C)c1NC(=O)CCn1ccc(C(=O)O)n1. The van der Waals surface area contributed by atoms with Crippen molar-refractivity contribution in [3.05, 3.63) is 65.0 Å². The first-order valence-electron chi connectivity index (χ1n) is 8.68. The van der Waals surface area contributed by atoms with Crippen LogP contribution in [0.1, 0.15) is 33.9 Å². The maximum Gasteiger partial charge on any atom is 0.356 e. The van der Waals surface area contributed by atoms with Crippen LogP contribution in [0.5, 0.6) is 0 Å². The van der Waals surface area contributed by atoms with Gasteiger partial charge < -0.3 is 10.4 Å². The van der Waals surface area contributed by atoms with E-state index in [9.17, 15) is 14.0 Å². The molecule has 0 fully saturated rings. The van der Waals surface area contributed by atoms with Crippen LogP contribution >= 0.6 is 0 Å². The van der Waals surface area contributed by atoms with E-state index >= 15 is 0 Å². The van der Waals surface area contributed by atoms with Crippen LogP contribution in [0.2, 0.25) is 0 Å². The molecule has 2 heterocycles. The minimum atomic E-state index is -1.11. The molecule has 146 valence electrons. The lowest BCUT2D eigenvalue weighted by atomic mass is 10.2. The highest BCUT2D eigenvalue weighted by atomic mass is 19.1. The molecule has 0 radical (unpaired) electrons. The van der Waals surface area contributed by atoms with Crippen molar-refractivity contribution >= 4 is 17.6 Å². The predicted octanol–water partition coefficient (Wildman–Crippen LogP) is 2.61. The van der Waals surface area contributed by atoms with Crippen molar-refractivity contribution in [3.63, 3.8) is 0 Å². The Labute approximate surface area is 160 Å². The van der Waals surface area contributed by atoms with Crippen LogP contribution in [0.25, 0.3) is 0 Å². The molecule has 1 aromatic carbocycles. The number of hydrogen-bond donors (Lipinski definition) is 2. The number of carbonyl (C=O) groups excluding carboxylic acids is 1. The van der Waals surface area contributed by atoms with Gasteiger partial charge in [0, 0.05) is 19.2 Å². The topological polar surface area (TPSA) is 102 Å². The average molecular weight is 385 g/mol. The standard InChI is InChI=1S/C19H20FN5O3/c1-12-18(13(2)25(22-12)11-14-3-5-15(20)6-4-14)21-17(26)8-10-24-9-7-16(23-24)19(27)28/h3-7,9H,8,10-11H2,1-2H3,(H,21,26)(H,27,28). The summed E-state index contributed by atoms with van der Waals surface area (Å²) in [4.78, 5) is 23.1. The molecule has 0 atom stereocenters. The summed E-state index contributed by atoms with van der Waals surface area (Å²) in [7, 11) is 0. The average Bonchev–Trinajstić information content (AvgIpc) is 3.23. The van der Waals surface area contributed by atoms with E-state index < -0.39 is 5.97 Å². The summed E-state index contributed by atoms with van der Waals surface area (Å²) in [5.74, 6) is -1.62. The number of nitrogens with one attached hydrogen (secondary N) is 1. The van der Waals surface area contributed by atoms with Crippen LogP contribution in [0.15, 0.2) is 36.5 Å². The van der Waals surface area contributed by atoms with Gasteiger partial charge in [0.05, 0.1) is 23.6 Å². The van der Waals surface area contributed by atoms with Gasteiger partial charge in [-0.15, -0.1) is 0 Å². The van der Waals surface area contributed by atoms with Crippen LogP contribution in [0, 0.1) is 19.7 Å². The van der Waals surface area contributed by atoms with E-state index in [-0.39, 0.29) is 30.4 Å². The molecule has 1 amide bonds. The van der Waals surface area contributed by atoms with Crippen molar-refractivity contribution in [2.75, 3.05) is 5.32 Å². The highest BCUT2D eigenvalue weighted by Crippen LogP contribution is 2.21.